The molecule has 0 spiro atoms. The van der Waals surface area contributed by atoms with Crippen molar-refractivity contribution in [2.24, 2.45) is 0 Å². The molecule has 0 aliphatic carbocycles. The van der Waals surface area contributed by atoms with Crippen molar-refractivity contribution in [3.63, 3.8) is 0 Å². The predicted octanol–water partition coefficient (Wildman–Crippen LogP) is 2.76. The zero-order valence-corrected chi connectivity index (χ0v) is 15.5. The molecule has 1 atom stereocenters. The van der Waals surface area contributed by atoms with Gasteiger partial charge in [0.2, 0.25) is 15.9 Å². The molecular weight excluding hydrogens is 312 g/mol. The minimum absolute atomic E-state index is 0.0336. The number of sulfonamides is 1. The summed E-state index contributed by atoms with van der Waals surface area (Å²) >= 11 is 0. The number of hydrogen-bond donors (Lipinski definition) is 1. The number of rotatable bonds is 8. The van der Waals surface area contributed by atoms with E-state index < -0.39 is 10.0 Å². The van der Waals surface area contributed by atoms with Crippen molar-refractivity contribution in [2.75, 3.05) is 17.1 Å². The van der Waals surface area contributed by atoms with E-state index in [9.17, 15) is 13.2 Å². The van der Waals surface area contributed by atoms with Crippen LogP contribution >= 0.6 is 0 Å². The van der Waals surface area contributed by atoms with Crippen LogP contribution in [0.1, 0.15) is 44.2 Å². The van der Waals surface area contributed by atoms with Crippen LogP contribution in [0.3, 0.4) is 0 Å². The molecule has 1 amide bonds. The van der Waals surface area contributed by atoms with Gasteiger partial charge >= 0.3 is 0 Å². The Kier molecular flexibility index (Phi) is 7.06. The van der Waals surface area contributed by atoms with E-state index in [0.29, 0.717) is 25.1 Å². The van der Waals surface area contributed by atoms with E-state index in [1.165, 1.54) is 10.6 Å². The van der Waals surface area contributed by atoms with Gasteiger partial charge in [0.25, 0.3) is 0 Å². The minimum atomic E-state index is -3.38. The molecule has 0 bridgehead atoms. The molecule has 6 heteroatoms. The Morgan fingerprint density at radius 1 is 1.30 bits per heavy atom. The molecule has 0 aliphatic rings. The first-order valence-electron chi connectivity index (χ1n) is 8.00. The van der Waals surface area contributed by atoms with Crippen molar-refractivity contribution in [2.45, 2.75) is 53.0 Å². The normalized spacial score (nSPS) is 12.7. The number of nitrogens with one attached hydrogen (secondary N) is 1. The van der Waals surface area contributed by atoms with Gasteiger partial charge < -0.3 is 5.32 Å². The second-order valence-electron chi connectivity index (χ2n) is 6.03. The van der Waals surface area contributed by atoms with Crippen LogP contribution < -0.4 is 9.62 Å². The van der Waals surface area contributed by atoms with E-state index >= 15 is 0 Å². The van der Waals surface area contributed by atoms with Crippen molar-refractivity contribution >= 4 is 21.6 Å². The monoisotopic (exact) mass is 340 g/mol. The molecule has 1 aromatic carbocycles. The largest absolute Gasteiger partial charge is 0.354 e. The average Bonchev–Trinajstić information content (AvgIpc) is 2.45. The summed E-state index contributed by atoms with van der Waals surface area (Å²) in [5.74, 6) is -0.0336. The first-order valence-corrected chi connectivity index (χ1v) is 9.85. The fourth-order valence-electron chi connectivity index (χ4n) is 2.30. The number of benzene rings is 1. The standard InChI is InChI=1S/C17H28N2O3S/c1-6-14(3)18-17(20)11-8-12-19(23(5,21)22)16-10-7-9-13(2)15(16)4/h7,9-10,14H,6,8,11-12H2,1-5H3,(H,18,20)/t14-/m1/s1. The molecule has 23 heavy (non-hydrogen) atoms. The van der Waals surface area contributed by atoms with Crippen molar-refractivity contribution in [1.29, 1.82) is 0 Å². The molecule has 1 N–H and O–H groups in total. The van der Waals surface area contributed by atoms with Gasteiger partial charge in [0, 0.05) is 19.0 Å². The third-order valence-electron chi connectivity index (χ3n) is 4.03. The molecule has 0 heterocycles. The average molecular weight is 340 g/mol. The van der Waals surface area contributed by atoms with Crippen molar-refractivity contribution in [3.05, 3.63) is 29.3 Å². The Morgan fingerprint density at radius 3 is 2.52 bits per heavy atom. The van der Waals surface area contributed by atoms with Gasteiger partial charge in [0.05, 0.1) is 11.9 Å². The number of carbonyl (C=O) groups excluding carboxylic acids is 1. The van der Waals surface area contributed by atoms with Crippen LogP contribution in [0, 0.1) is 13.8 Å². The molecule has 0 unspecified atom stereocenters. The van der Waals surface area contributed by atoms with Crippen LogP contribution in [0.4, 0.5) is 5.69 Å². The molecular formula is C17H28N2O3S. The van der Waals surface area contributed by atoms with Crippen LogP contribution in [0.5, 0.6) is 0 Å². The SMILES string of the molecule is CC[C@@H](C)NC(=O)CCCN(c1cccc(C)c1C)S(C)(=O)=O. The highest BCUT2D eigenvalue weighted by Gasteiger charge is 2.20. The molecule has 0 fully saturated rings. The molecule has 0 saturated heterocycles. The molecule has 0 aromatic heterocycles. The number of amides is 1. The van der Waals surface area contributed by atoms with Gasteiger partial charge in [-0.05, 0) is 50.8 Å². The highest BCUT2D eigenvalue weighted by Crippen LogP contribution is 2.25. The van der Waals surface area contributed by atoms with E-state index in [-0.39, 0.29) is 11.9 Å². The minimum Gasteiger partial charge on any atom is -0.354 e. The van der Waals surface area contributed by atoms with Gasteiger partial charge in [-0.1, -0.05) is 19.1 Å². The Morgan fingerprint density at radius 2 is 1.96 bits per heavy atom. The summed E-state index contributed by atoms with van der Waals surface area (Å²) in [4.78, 5) is 11.8. The summed E-state index contributed by atoms with van der Waals surface area (Å²) in [6.45, 7) is 8.14. The van der Waals surface area contributed by atoms with Crippen LogP contribution in [-0.4, -0.2) is 33.2 Å². The highest BCUT2D eigenvalue weighted by atomic mass is 32.2. The predicted molar refractivity (Wildman–Crippen MR) is 95.2 cm³/mol. The Bertz CT molecular complexity index is 641. The Labute approximate surface area is 140 Å². The lowest BCUT2D eigenvalue weighted by Crippen LogP contribution is -2.34. The number of carbonyl (C=O) groups is 1. The maximum absolute atomic E-state index is 12.1. The van der Waals surface area contributed by atoms with Gasteiger partial charge in [-0.3, -0.25) is 9.10 Å². The van der Waals surface area contributed by atoms with E-state index in [0.717, 1.165) is 17.5 Å². The number of anilines is 1. The fraction of sp³-hybridized carbons (Fsp3) is 0.588. The van der Waals surface area contributed by atoms with Crippen LogP contribution in [0.25, 0.3) is 0 Å². The summed E-state index contributed by atoms with van der Waals surface area (Å²) in [6, 6.07) is 5.76. The summed E-state index contributed by atoms with van der Waals surface area (Å²) in [5.41, 5.74) is 2.68. The van der Waals surface area contributed by atoms with E-state index in [1.807, 2.05) is 45.9 Å². The van der Waals surface area contributed by atoms with Crippen LogP contribution in [0.2, 0.25) is 0 Å². The van der Waals surface area contributed by atoms with Gasteiger partial charge in [-0.15, -0.1) is 0 Å². The molecule has 0 radical (unpaired) electrons. The summed E-state index contributed by atoms with van der Waals surface area (Å²) in [6.07, 6.45) is 2.89. The maximum atomic E-state index is 12.1. The van der Waals surface area contributed by atoms with Gasteiger partial charge in [-0.2, -0.15) is 0 Å². The van der Waals surface area contributed by atoms with Crippen molar-refractivity contribution in [1.82, 2.24) is 5.32 Å². The summed E-state index contributed by atoms with van der Waals surface area (Å²) in [7, 11) is -3.38. The number of nitrogens with zero attached hydrogens (tertiary/aromatic N) is 1. The second kappa shape index (κ2) is 8.34. The fourth-order valence-corrected chi connectivity index (χ4v) is 3.32. The van der Waals surface area contributed by atoms with Gasteiger partial charge in [0.15, 0.2) is 0 Å². The molecule has 1 rings (SSSR count). The lowest BCUT2D eigenvalue weighted by atomic mass is 10.1. The molecule has 5 nitrogen and oxygen atoms in total. The summed E-state index contributed by atoms with van der Waals surface area (Å²) < 4.78 is 25.6. The Balaban J connectivity index is 2.79. The highest BCUT2D eigenvalue weighted by molar-refractivity contribution is 7.92. The molecule has 0 aliphatic heterocycles. The number of hydrogen-bond acceptors (Lipinski definition) is 3. The molecule has 0 saturated carbocycles. The van der Waals surface area contributed by atoms with Gasteiger partial charge in [0.1, 0.15) is 0 Å². The number of aryl methyl sites for hydroxylation is 1. The van der Waals surface area contributed by atoms with Crippen LogP contribution in [0.15, 0.2) is 18.2 Å². The first kappa shape index (κ1) is 19.5. The first-order chi connectivity index (χ1) is 10.7. The molecule has 130 valence electrons. The van der Waals surface area contributed by atoms with E-state index in [4.69, 9.17) is 0 Å². The maximum Gasteiger partial charge on any atom is 0.232 e. The van der Waals surface area contributed by atoms with E-state index in [1.54, 1.807) is 0 Å². The molecule has 1 aromatic rings. The third kappa shape index (κ3) is 5.86. The van der Waals surface area contributed by atoms with Gasteiger partial charge in [-0.25, -0.2) is 8.42 Å². The van der Waals surface area contributed by atoms with E-state index in [2.05, 4.69) is 5.32 Å². The van der Waals surface area contributed by atoms with Crippen molar-refractivity contribution < 1.29 is 13.2 Å². The zero-order valence-electron chi connectivity index (χ0n) is 14.7. The summed E-state index contributed by atoms with van der Waals surface area (Å²) in [5, 5.41) is 2.90. The zero-order chi connectivity index (χ0) is 17.6. The topological polar surface area (TPSA) is 66.5 Å². The second-order valence-corrected chi connectivity index (χ2v) is 7.94. The quantitative estimate of drug-likeness (QED) is 0.791. The lowest BCUT2D eigenvalue weighted by Gasteiger charge is -2.25. The Hall–Kier alpha value is -1.56. The lowest BCUT2D eigenvalue weighted by molar-refractivity contribution is -0.121. The van der Waals surface area contributed by atoms with Crippen molar-refractivity contribution in [3.8, 4) is 0 Å². The third-order valence-corrected chi connectivity index (χ3v) is 5.21. The van der Waals surface area contributed by atoms with Crippen LogP contribution in [-0.2, 0) is 14.8 Å². The smallest absolute Gasteiger partial charge is 0.232 e.